The number of nitrogens with zero attached hydrogens (tertiary/aromatic N) is 2. The van der Waals surface area contributed by atoms with E-state index in [0.29, 0.717) is 55.5 Å². The number of carbonyl (C=O) groups is 2. The SMILES string of the molecule is CC(C)C[C@H](C(=O)NCc1ccc(Cl)c(Cl)c1)N1CCC(COc2ccccc2)N2CC(N)C[C@H]2C1=O. The molecule has 0 spiro atoms. The topological polar surface area (TPSA) is 87.9 Å². The number of hydrogen-bond acceptors (Lipinski definition) is 5. The first-order valence-electron chi connectivity index (χ1n) is 12.9. The predicted molar refractivity (Wildman–Crippen MR) is 147 cm³/mol. The maximum Gasteiger partial charge on any atom is 0.243 e. The average molecular weight is 548 g/mol. The van der Waals surface area contributed by atoms with Crippen LogP contribution in [-0.4, -0.2) is 65.5 Å². The molecule has 4 atom stereocenters. The molecular weight excluding hydrogens is 511 g/mol. The van der Waals surface area contributed by atoms with Gasteiger partial charge < -0.3 is 20.7 Å². The molecule has 200 valence electrons. The molecule has 2 unspecified atom stereocenters. The minimum Gasteiger partial charge on any atom is -0.492 e. The number of nitrogens with two attached hydrogens (primary N) is 1. The zero-order valence-corrected chi connectivity index (χ0v) is 22.9. The quantitative estimate of drug-likeness (QED) is 0.494. The van der Waals surface area contributed by atoms with Crippen LogP contribution in [-0.2, 0) is 16.1 Å². The van der Waals surface area contributed by atoms with E-state index in [0.717, 1.165) is 11.3 Å². The second-order valence-corrected chi connectivity index (χ2v) is 11.2. The predicted octanol–water partition coefficient (Wildman–Crippen LogP) is 4.11. The third-order valence-electron chi connectivity index (χ3n) is 7.12. The Kier molecular flexibility index (Phi) is 9.35. The van der Waals surface area contributed by atoms with Gasteiger partial charge in [0.25, 0.3) is 0 Å². The molecule has 2 aliphatic rings. The maximum absolute atomic E-state index is 13.9. The number of amides is 2. The number of benzene rings is 2. The standard InChI is InChI=1S/C28H36Cl2N4O3/c1-18(2)12-25(27(35)32-15-19-8-9-23(29)24(30)13-19)33-11-10-21(17-37-22-6-4-3-5-7-22)34-16-20(31)14-26(34)28(33)36/h3-9,13,18,20-21,25-26H,10-12,14-17,31H2,1-2H3,(H,32,35)/t20?,21?,25-,26+/m1/s1. The monoisotopic (exact) mass is 546 g/mol. The maximum atomic E-state index is 13.9. The van der Waals surface area contributed by atoms with Crippen molar-refractivity contribution in [2.75, 3.05) is 19.7 Å². The van der Waals surface area contributed by atoms with E-state index in [1.54, 1.807) is 17.0 Å². The van der Waals surface area contributed by atoms with Crippen molar-refractivity contribution in [3.05, 3.63) is 64.1 Å². The van der Waals surface area contributed by atoms with Crippen molar-refractivity contribution in [2.24, 2.45) is 11.7 Å². The highest BCUT2D eigenvalue weighted by atomic mass is 35.5. The van der Waals surface area contributed by atoms with Gasteiger partial charge in [-0.05, 0) is 55.0 Å². The van der Waals surface area contributed by atoms with Gasteiger partial charge in [0.15, 0.2) is 0 Å². The fraction of sp³-hybridized carbons (Fsp3) is 0.500. The summed E-state index contributed by atoms with van der Waals surface area (Å²) >= 11 is 12.2. The van der Waals surface area contributed by atoms with Crippen molar-refractivity contribution in [3.8, 4) is 5.75 Å². The third-order valence-corrected chi connectivity index (χ3v) is 7.86. The van der Waals surface area contributed by atoms with Gasteiger partial charge in [0.2, 0.25) is 11.8 Å². The zero-order chi connectivity index (χ0) is 26.5. The molecule has 2 amide bonds. The van der Waals surface area contributed by atoms with E-state index in [2.05, 4.69) is 24.1 Å². The summed E-state index contributed by atoms with van der Waals surface area (Å²) in [6.45, 7) is 6.03. The second-order valence-electron chi connectivity index (χ2n) is 10.4. The van der Waals surface area contributed by atoms with Gasteiger partial charge in [-0.25, -0.2) is 0 Å². The van der Waals surface area contributed by atoms with Gasteiger partial charge in [0.05, 0.1) is 16.1 Å². The number of hydrogen-bond donors (Lipinski definition) is 2. The van der Waals surface area contributed by atoms with E-state index < -0.39 is 6.04 Å². The van der Waals surface area contributed by atoms with Crippen LogP contribution in [0.3, 0.4) is 0 Å². The van der Waals surface area contributed by atoms with Crippen molar-refractivity contribution in [1.29, 1.82) is 0 Å². The fourth-order valence-electron chi connectivity index (χ4n) is 5.27. The summed E-state index contributed by atoms with van der Waals surface area (Å²) in [7, 11) is 0. The van der Waals surface area contributed by atoms with Crippen molar-refractivity contribution >= 4 is 35.0 Å². The summed E-state index contributed by atoms with van der Waals surface area (Å²) in [5.74, 6) is 0.844. The zero-order valence-electron chi connectivity index (χ0n) is 21.4. The largest absolute Gasteiger partial charge is 0.492 e. The van der Waals surface area contributed by atoms with E-state index in [4.69, 9.17) is 33.7 Å². The Bertz CT molecular complexity index is 1080. The van der Waals surface area contributed by atoms with Crippen LogP contribution in [0.25, 0.3) is 0 Å². The van der Waals surface area contributed by atoms with Gasteiger partial charge >= 0.3 is 0 Å². The van der Waals surface area contributed by atoms with Crippen molar-refractivity contribution < 1.29 is 14.3 Å². The lowest BCUT2D eigenvalue weighted by atomic mass is 10.00. The van der Waals surface area contributed by atoms with Crippen LogP contribution in [0, 0.1) is 5.92 Å². The smallest absolute Gasteiger partial charge is 0.243 e. The number of fused-ring (bicyclic) bond motifs is 1. The van der Waals surface area contributed by atoms with E-state index in [-0.39, 0.29) is 35.9 Å². The van der Waals surface area contributed by atoms with Crippen LogP contribution in [0.5, 0.6) is 5.75 Å². The molecule has 0 aromatic heterocycles. The molecule has 2 aromatic rings. The van der Waals surface area contributed by atoms with Crippen molar-refractivity contribution in [1.82, 2.24) is 15.1 Å². The fourth-order valence-corrected chi connectivity index (χ4v) is 5.59. The number of carbonyl (C=O) groups excluding carboxylic acids is 2. The highest BCUT2D eigenvalue weighted by Crippen LogP contribution is 2.29. The first-order chi connectivity index (χ1) is 17.7. The van der Waals surface area contributed by atoms with Crippen LogP contribution in [0.2, 0.25) is 10.0 Å². The molecule has 2 aromatic carbocycles. The molecule has 7 nitrogen and oxygen atoms in total. The molecule has 0 saturated carbocycles. The molecule has 3 N–H and O–H groups in total. The van der Waals surface area contributed by atoms with E-state index >= 15 is 0 Å². The molecule has 4 rings (SSSR count). The van der Waals surface area contributed by atoms with Gasteiger partial charge in [-0.2, -0.15) is 0 Å². The number of halogens is 2. The van der Waals surface area contributed by atoms with Crippen molar-refractivity contribution in [3.63, 3.8) is 0 Å². The molecule has 2 fully saturated rings. The first-order valence-corrected chi connectivity index (χ1v) is 13.7. The summed E-state index contributed by atoms with van der Waals surface area (Å²) in [4.78, 5) is 31.3. The highest BCUT2D eigenvalue weighted by molar-refractivity contribution is 6.42. The van der Waals surface area contributed by atoms with Crippen LogP contribution >= 0.6 is 23.2 Å². The van der Waals surface area contributed by atoms with Crippen LogP contribution < -0.4 is 15.8 Å². The van der Waals surface area contributed by atoms with Crippen molar-refractivity contribution in [2.45, 2.75) is 63.8 Å². The summed E-state index contributed by atoms with van der Waals surface area (Å²) in [5.41, 5.74) is 7.17. The number of para-hydroxylation sites is 1. The Labute approximate surface area is 229 Å². The molecule has 2 aliphatic heterocycles. The lowest BCUT2D eigenvalue weighted by molar-refractivity contribution is -0.143. The summed E-state index contributed by atoms with van der Waals surface area (Å²) < 4.78 is 6.08. The minimum absolute atomic E-state index is 0.0227. The molecule has 2 heterocycles. The average Bonchev–Trinajstić information content (AvgIpc) is 3.22. The summed E-state index contributed by atoms with van der Waals surface area (Å²) in [6.07, 6.45) is 1.86. The first kappa shape index (κ1) is 27.7. The van der Waals surface area contributed by atoms with E-state index in [9.17, 15) is 9.59 Å². The lowest BCUT2D eigenvalue weighted by Crippen LogP contribution is -2.53. The Hall–Kier alpha value is -2.32. The molecule has 2 saturated heterocycles. The molecule has 0 aliphatic carbocycles. The highest BCUT2D eigenvalue weighted by Gasteiger charge is 2.46. The molecule has 9 heteroatoms. The van der Waals surface area contributed by atoms with E-state index in [1.165, 1.54) is 0 Å². The van der Waals surface area contributed by atoms with Gasteiger partial charge in [-0.3, -0.25) is 14.5 Å². The van der Waals surface area contributed by atoms with Crippen LogP contribution in [0.15, 0.2) is 48.5 Å². The second kappa shape index (κ2) is 12.5. The molecule has 0 bridgehead atoms. The molecule has 37 heavy (non-hydrogen) atoms. The Morgan fingerprint density at radius 3 is 2.62 bits per heavy atom. The third kappa shape index (κ3) is 6.96. The summed E-state index contributed by atoms with van der Waals surface area (Å²) in [5, 5.41) is 3.93. The Balaban J connectivity index is 1.50. The molecular formula is C28H36Cl2N4O3. The number of nitrogens with one attached hydrogen (secondary N) is 1. The van der Waals surface area contributed by atoms with Gasteiger partial charge in [-0.1, -0.05) is 61.3 Å². The summed E-state index contributed by atoms with van der Waals surface area (Å²) in [6, 6.07) is 14.0. The minimum atomic E-state index is -0.567. The van der Waals surface area contributed by atoms with Crippen LogP contribution in [0.4, 0.5) is 0 Å². The number of rotatable bonds is 9. The van der Waals surface area contributed by atoms with E-state index in [1.807, 2.05) is 36.4 Å². The Morgan fingerprint density at radius 1 is 1.16 bits per heavy atom. The molecule has 0 radical (unpaired) electrons. The van der Waals surface area contributed by atoms with Crippen LogP contribution in [0.1, 0.15) is 38.7 Å². The van der Waals surface area contributed by atoms with Gasteiger partial charge in [-0.15, -0.1) is 0 Å². The lowest BCUT2D eigenvalue weighted by Gasteiger charge is -2.33. The van der Waals surface area contributed by atoms with Gasteiger partial charge in [0, 0.05) is 31.7 Å². The Morgan fingerprint density at radius 2 is 1.92 bits per heavy atom. The van der Waals surface area contributed by atoms with Gasteiger partial charge in [0.1, 0.15) is 18.4 Å². The normalized spacial score (nSPS) is 23.0. The number of ether oxygens (including phenoxy) is 1.